The highest BCUT2D eigenvalue weighted by Gasteiger charge is 2.64. The van der Waals surface area contributed by atoms with Crippen molar-refractivity contribution >= 4 is 35.6 Å². The first kappa shape index (κ1) is 37.1. The van der Waals surface area contributed by atoms with E-state index in [9.17, 15) is 33.9 Å². The SMILES string of the molecule is C=C1[C@H](O)[C@H]2[C@@H](OC(C)=O)[C@@H](C)C[C@]2(OC(C)=O)C(=O)[C@H](C)/C=C/C(C)(C)[C@H](OC(C)=O)[C@H](OC(=O)c2ccccc2)[C@H]1OC(C)=O. The topological polar surface area (TPSA) is 169 Å². The molecular formula is C35H44O12. The average molecular weight is 657 g/mol. The van der Waals surface area contributed by atoms with Crippen LogP contribution in [-0.2, 0) is 47.7 Å². The molecule has 1 aromatic rings. The molecule has 1 saturated carbocycles. The smallest absolute Gasteiger partial charge is 0.338 e. The van der Waals surface area contributed by atoms with Gasteiger partial charge in [0.05, 0.1) is 17.6 Å². The Kier molecular flexibility index (Phi) is 11.6. The van der Waals surface area contributed by atoms with Gasteiger partial charge in [-0.3, -0.25) is 24.0 Å². The monoisotopic (exact) mass is 656 g/mol. The van der Waals surface area contributed by atoms with Gasteiger partial charge >= 0.3 is 29.8 Å². The number of carbonyl (C=O) groups is 6. The van der Waals surface area contributed by atoms with Gasteiger partial charge in [0.1, 0.15) is 6.10 Å². The highest BCUT2D eigenvalue weighted by molar-refractivity contribution is 5.93. The van der Waals surface area contributed by atoms with Crippen LogP contribution in [0.4, 0.5) is 0 Å². The molecular weight excluding hydrogens is 612 g/mol. The molecule has 0 aromatic heterocycles. The quantitative estimate of drug-likeness (QED) is 0.268. The molecule has 0 spiro atoms. The Morgan fingerprint density at radius 2 is 1.40 bits per heavy atom. The van der Waals surface area contributed by atoms with Crippen LogP contribution in [-0.4, -0.2) is 76.9 Å². The molecule has 1 fully saturated rings. The summed E-state index contributed by atoms with van der Waals surface area (Å²) < 4.78 is 28.9. The van der Waals surface area contributed by atoms with E-state index in [0.29, 0.717) is 0 Å². The van der Waals surface area contributed by atoms with Crippen LogP contribution in [0.25, 0.3) is 0 Å². The van der Waals surface area contributed by atoms with Gasteiger partial charge in [0.15, 0.2) is 29.7 Å². The fourth-order valence-electron chi connectivity index (χ4n) is 6.61. The van der Waals surface area contributed by atoms with Crippen molar-refractivity contribution in [2.24, 2.45) is 23.2 Å². The first-order valence-corrected chi connectivity index (χ1v) is 15.4. The fraction of sp³-hybridized carbons (Fsp3) is 0.543. The van der Waals surface area contributed by atoms with Gasteiger partial charge < -0.3 is 28.8 Å². The second-order valence-electron chi connectivity index (χ2n) is 12.9. The van der Waals surface area contributed by atoms with Gasteiger partial charge in [0, 0.05) is 45.4 Å². The standard InChI is InChI=1S/C35H44O12/c1-18-15-16-34(8,9)32(45-23(6)38)30(46-33(42)25-13-11-10-12-14-25)29(44-22(5)37)20(3)27(40)26-28(43-21(4)36)19(2)17-35(26,31(18)41)47-24(7)39/h10-16,18-19,26-30,32,40H,3,17H2,1-2,4-9H3/b16-15+/t18-,19+,26+,27+,28+,29+,30-,32-,35-/m1/s1. The van der Waals surface area contributed by atoms with Crippen LogP contribution < -0.4 is 0 Å². The van der Waals surface area contributed by atoms with E-state index in [-0.39, 0.29) is 17.6 Å². The minimum atomic E-state index is -2.01. The van der Waals surface area contributed by atoms with Crippen molar-refractivity contribution in [2.75, 3.05) is 0 Å². The molecule has 12 heteroatoms. The van der Waals surface area contributed by atoms with Gasteiger partial charge in [-0.15, -0.1) is 0 Å². The fourth-order valence-corrected chi connectivity index (χ4v) is 6.61. The first-order valence-electron chi connectivity index (χ1n) is 15.4. The van der Waals surface area contributed by atoms with Gasteiger partial charge in [0.2, 0.25) is 0 Å². The zero-order chi connectivity index (χ0) is 35.4. The molecule has 0 aliphatic heterocycles. The van der Waals surface area contributed by atoms with Gasteiger partial charge in [0.25, 0.3) is 0 Å². The van der Waals surface area contributed by atoms with Crippen LogP contribution in [0.1, 0.15) is 72.2 Å². The Morgan fingerprint density at radius 3 is 1.94 bits per heavy atom. The van der Waals surface area contributed by atoms with Gasteiger partial charge in [-0.05, 0) is 23.6 Å². The molecule has 1 aromatic carbocycles. The molecule has 3 rings (SSSR count). The Bertz CT molecular complexity index is 1430. The number of rotatable bonds is 6. The van der Waals surface area contributed by atoms with E-state index in [4.69, 9.17) is 23.7 Å². The van der Waals surface area contributed by atoms with E-state index in [1.165, 1.54) is 18.2 Å². The number of ketones is 1. The van der Waals surface area contributed by atoms with E-state index in [1.807, 2.05) is 0 Å². The number of ether oxygens (including phenoxy) is 5. The van der Waals surface area contributed by atoms with Crippen molar-refractivity contribution in [1.82, 2.24) is 0 Å². The lowest BCUT2D eigenvalue weighted by molar-refractivity contribution is -0.184. The summed E-state index contributed by atoms with van der Waals surface area (Å²) in [6.07, 6.45) is -4.64. The molecule has 0 radical (unpaired) electrons. The predicted octanol–water partition coefficient (Wildman–Crippen LogP) is 3.68. The van der Waals surface area contributed by atoms with Gasteiger partial charge in [-0.1, -0.05) is 64.6 Å². The molecule has 2 aliphatic carbocycles. The number of hydrogen-bond donors (Lipinski definition) is 1. The van der Waals surface area contributed by atoms with Crippen LogP contribution in [0, 0.1) is 23.2 Å². The summed E-state index contributed by atoms with van der Waals surface area (Å²) in [5.41, 5.74) is -3.36. The first-order chi connectivity index (χ1) is 21.8. The molecule has 1 N–H and O–H groups in total. The largest absolute Gasteiger partial charge is 0.462 e. The Morgan fingerprint density at radius 1 is 0.830 bits per heavy atom. The van der Waals surface area contributed by atoms with Crippen molar-refractivity contribution in [3.63, 3.8) is 0 Å². The zero-order valence-corrected chi connectivity index (χ0v) is 28.0. The number of allylic oxidation sites excluding steroid dienone is 1. The van der Waals surface area contributed by atoms with Crippen LogP contribution in [0.2, 0.25) is 0 Å². The molecule has 47 heavy (non-hydrogen) atoms. The number of hydrogen-bond acceptors (Lipinski definition) is 12. The summed E-state index contributed by atoms with van der Waals surface area (Å²) in [5, 5.41) is 12.2. The molecule has 12 nitrogen and oxygen atoms in total. The summed E-state index contributed by atoms with van der Waals surface area (Å²) in [7, 11) is 0. The molecule has 0 heterocycles. The molecule has 0 unspecified atom stereocenters. The lowest BCUT2D eigenvalue weighted by Gasteiger charge is -2.44. The van der Waals surface area contributed by atoms with E-state index >= 15 is 0 Å². The van der Waals surface area contributed by atoms with Gasteiger partial charge in [-0.2, -0.15) is 0 Å². The van der Waals surface area contributed by atoms with Crippen LogP contribution in [0.5, 0.6) is 0 Å². The maximum atomic E-state index is 14.4. The Labute approximate surface area is 274 Å². The third-order valence-electron chi connectivity index (χ3n) is 8.61. The predicted molar refractivity (Wildman–Crippen MR) is 166 cm³/mol. The van der Waals surface area contributed by atoms with Crippen LogP contribution in [0.15, 0.2) is 54.6 Å². The number of Topliss-reactive ketones (excluding diaryl/α,β-unsaturated/α-hetero) is 1. The molecule has 256 valence electrons. The van der Waals surface area contributed by atoms with E-state index in [0.717, 1.165) is 27.7 Å². The summed E-state index contributed by atoms with van der Waals surface area (Å²) in [5.74, 6) is -7.55. The lowest BCUT2D eigenvalue weighted by atomic mass is 9.72. The highest BCUT2D eigenvalue weighted by Crippen LogP contribution is 2.50. The van der Waals surface area contributed by atoms with Crippen molar-refractivity contribution < 1.29 is 57.6 Å². The second kappa shape index (κ2) is 14.6. The second-order valence-corrected chi connectivity index (χ2v) is 12.9. The summed E-state index contributed by atoms with van der Waals surface area (Å²) in [6, 6.07) is 7.92. The number of aliphatic hydroxyl groups excluding tert-OH is 1. The van der Waals surface area contributed by atoms with Crippen molar-refractivity contribution in [1.29, 1.82) is 0 Å². The molecule has 0 bridgehead atoms. The van der Waals surface area contributed by atoms with Crippen molar-refractivity contribution in [3.8, 4) is 0 Å². The molecule has 0 saturated heterocycles. The number of aliphatic hydroxyl groups is 1. The molecule has 9 atom stereocenters. The van der Waals surface area contributed by atoms with Crippen LogP contribution in [0.3, 0.4) is 0 Å². The number of carbonyl (C=O) groups excluding carboxylic acids is 6. The van der Waals surface area contributed by atoms with E-state index in [1.54, 1.807) is 52.0 Å². The van der Waals surface area contributed by atoms with Crippen molar-refractivity contribution in [3.05, 3.63) is 60.2 Å². The van der Waals surface area contributed by atoms with Crippen molar-refractivity contribution in [2.45, 2.75) is 97.9 Å². The number of esters is 5. The number of benzene rings is 1. The highest BCUT2D eigenvalue weighted by atomic mass is 16.6. The zero-order valence-electron chi connectivity index (χ0n) is 28.0. The minimum absolute atomic E-state index is 0.110. The van der Waals surface area contributed by atoms with Crippen LogP contribution >= 0.6 is 0 Å². The Balaban J connectivity index is 2.38. The maximum Gasteiger partial charge on any atom is 0.338 e. The third kappa shape index (κ3) is 8.16. The third-order valence-corrected chi connectivity index (χ3v) is 8.61. The minimum Gasteiger partial charge on any atom is -0.462 e. The summed E-state index contributed by atoms with van der Waals surface area (Å²) in [4.78, 5) is 77.9. The van der Waals surface area contributed by atoms with E-state index < -0.39 is 94.9 Å². The summed E-state index contributed by atoms with van der Waals surface area (Å²) >= 11 is 0. The normalized spacial score (nSPS) is 32.8. The molecule has 0 amide bonds. The Hall–Kier alpha value is -4.32. The number of fused-ring (bicyclic) bond motifs is 1. The average Bonchev–Trinajstić information content (AvgIpc) is 3.24. The van der Waals surface area contributed by atoms with Gasteiger partial charge in [-0.25, -0.2) is 4.79 Å². The lowest BCUT2D eigenvalue weighted by Crippen LogP contribution is -2.58. The van der Waals surface area contributed by atoms with E-state index in [2.05, 4.69) is 6.58 Å². The summed E-state index contributed by atoms with van der Waals surface area (Å²) in [6.45, 7) is 15.1. The molecule has 2 aliphatic rings. The maximum absolute atomic E-state index is 14.4.